The minimum atomic E-state index is -6.80. The van der Waals surface area contributed by atoms with E-state index in [2.05, 4.69) is 0 Å². The Morgan fingerprint density at radius 1 is 0.804 bits per heavy atom. The van der Waals surface area contributed by atoms with Crippen molar-refractivity contribution in [2.45, 2.75) is 32.9 Å². The zero-order valence-electron chi connectivity index (χ0n) is 23.8. The molecule has 1 aliphatic carbocycles. The van der Waals surface area contributed by atoms with Crippen LogP contribution in [0.1, 0.15) is 31.8 Å². The third kappa shape index (κ3) is 7.37. The van der Waals surface area contributed by atoms with Gasteiger partial charge in [-0.3, -0.25) is 9.59 Å². The normalized spacial score (nSPS) is 16.0. The van der Waals surface area contributed by atoms with Crippen LogP contribution in [0.5, 0.6) is 0 Å². The van der Waals surface area contributed by atoms with Gasteiger partial charge in [0.2, 0.25) is 0 Å². The number of rotatable bonds is 6. The van der Waals surface area contributed by atoms with E-state index < -0.39 is 111 Å². The first-order valence-corrected chi connectivity index (χ1v) is 15.6. The molecule has 0 bridgehead atoms. The topological polar surface area (TPSA) is 75.7 Å². The Hall–Kier alpha value is -2.88. The fourth-order valence-corrected chi connectivity index (χ4v) is 6.58. The van der Waals surface area contributed by atoms with Crippen molar-refractivity contribution < 1.29 is 71.9 Å². The summed E-state index contributed by atoms with van der Waals surface area (Å²) in [6.07, 6.45) is -19.4. The van der Waals surface area contributed by atoms with Crippen LogP contribution in [0.25, 0.3) is 0 Å². The molecule has 1 aliphatic rings. The summed E-state index contributed by atoms with van der Waals surface area (Å²) < 4.78 is 160. The highest BCUT2D eigenvalue weighted by molar-refractivity contribution is 14.1. The molecule has 0 saturated heterocycles. The van der Waals surface area contributed by atoms with Gasteiger partial charge < -0.3 is 10.2 Å². The van der Waals surface area contributed by atoms with Gasteiger partial charge in [-0.1, -0.05) is 52.5 Å². The van der Waals surface area contributed by atoms with Crippen LogP contribution in [0.3, 0.4) is 0 Å². The van der Waals surface area contributed by atoms with Crippen LogP contribution >= 0.6 is 69.0 Å². The van der Waals surface area contributed by atoms with E-state index in [9.17, 15) is 62.7 Å². The maximum absolute atomic E-state index is 16.0. The Labute approximate surface area is 310 Å². The Balaban J connectivity index is 1.80. The standard InChI is InChI=1S/C28H11Cl4F12IN2O4/c29-24(30)19(25(24,31)32)22(50)51-47(21(49)10-4-6-12(33)7-5-10)16-3-1-2-13(17(16)34)20(48)46-18-14(26(36,37)38)8-11(9-15(18)45)23(35,27(39,40)41)28(42,43)44/h1-9,19H,(H,46,48). The number of nitrogens with zero attached hydrogens (tertiary/aromatic N) is 1. The molecular formula is C28H11Cl4F12IN2O4. The molecule has 0 unspecified atom stereocenters. The van der Waals surface area contributed by atoms with Crippen LogP contribution < -0.4 is 10.4 Å². The summed E-state index contributed by atoms with van der Waals surface area (Å²) in [7, 11) is 0. The van der Waals surface area contributed by atoms with Crippen molar-refractivity contribution in [3.63, 3.8) is 0 Å². The molecule has 0 aliphatic heterocycles. The van der Waals surface area contributed by atoms with Crippen molar-refractivity contribution >= 4 is 98.2 Å². The molecule has 0 atom stereocenters. The quantitative estimate of drug-likeness (QED) is 0.116. The Bertz CT molecular complexity index is 1880. The van der Waals surface area contributed by atoms with Gasteiger partial charge in [0, 0.05) is 14.7 Å². The largest absolute Gasteiger partial charge is 0.435 e. The number of anilines is 2. The number of hydrogen-bond acceptors (Lipinski definition) is 4. The van der Waals surface area contributed by atoms with Crippen LogP contribution in [-0.4, -0.2) is 38.8 Å². The third-order valence-electron chi connectivity index (χ3n) is 7.03. The predicted molar refractivity (Wildman–Crippen MR) is 165 cm³/mol. The molecule has 1 fully saturated rings. The number of halogens is 17. The fraction of sp³-hybridized carbons (Fsp3) is 0.250. The highest BCUT2D eigenvalue weighted by Gasteiger charge is 2.80. The van der Waals surface area contributed by atoms with Gasteiger partial charge in [-0.25, -0.2) is 18.0 Å². The number of hydroxylamine groups is 1. The molecule has 276 valence electrons. The molecule has 3 aromatic carbocycles. The van der Waals surface area contributed by atoms with Crippen molar-refractivity contribution in [3.05, 3.63) is 92.1 Å². The third-order valence-corrected chi connectivity index (χ3v) is 10.3. The number of alkyl halides is 14. The second-order valence-corrected chi connectivity index (χ2v) is 14.3. The van der Waals surface area contributed by atoms with Crippen molar-refractivity contribution in [1.29, 1.82) is 0 Å². The van der Waals surface area contributed by atoms with Crippen molar-refractivity contribution in [2.75, 3.05) is 10.4 Å². The van der Waals surface area contributed by atoms with Crippen molar-refractivity contribution in [3.8, 4) is 0 Å². The van der Waals surface area contributed by atoms with Gasteiger partial charge in [0.05, 0.1) is 16.8 Å². The molecule has 3 aromatic rings. The van der Waals surface area contributed by atoms with Crippen LogP contribution in [0.4, 0.5) is 64.1 Å². The first kappa shape index (κ1) is 40.9. The van der Waals surface area contributed by atoms with E-state index in [1.807, 2.05) is 0 Å². The SMILES string of the molecule is O=C(Nc1c(I)cc(C(F)(C(F)(F)F)C(F)(F)F)cc1C(F)(F)F)c1cccc(N(OC(=O)C2C(Cl)(Cl)C2(Cl)Cl)C(=O)c2ccc(F)cc2)c1F. The summed E-state index contributed by atoms with van der Waals surface area (Å²) in [4.78, 5) is 44.3. The zero-order valence-corrected chi connectivity index (χ0v) is 29.0. The summed E-state index contributed by atoms with van der Waals surface area (Å²) in [5, 5.41) is 1.41. The Morgan fingerprint density at radius 3 is 1.80 bits per heavy atom. The predicted octanol–water partition coefficient (Wildman–Crippen LogP) is 10.2. The molecule has 1 N–H and O–H groups in total. The van der Waals surface area contributed by atoms with Crippen LogP contribution in [0.15, 0.2) is 54.6 Å². The molecule has 23 heteroatoms. The second kappa shape index (κ2) is 13.5. The van der Waals surface area contributed by atoms with Gasteiger partial charge in [-0.15, -0.1) is 5.06 Å². The second-order valence-electron chi connectivity index (χ2n) is 10.3. The van der Waals surface area contributed by atoms with E-state index in [4.69, 9.17) is 51.2 Å². The molecule has 4 rings (SSSR count). The first-order chi connectivity index (χ1) is 23.1. The highest BCUT2D eigenvalue weighted by atomic mass is 127. The van der Waals surface area contributed by atoms with Crippen molar-refractivity contribution in [2.24, 2.45) is 5.92 Å². The zero-order chi connectivity index (χ0) is 38.9. The van der Waals surface area contributed by atoms with E-state index >= 15 is 4.39 Å². The average Bonchev–Trinajstić information content (AvgIpc) is 3.41. The van der Waals surface area contributed by atoms with Gasteiger partial charge in [-0.2, -0.15) is 39.5 Å². The summed E-state index contributed by atoms with van der Waals surface area (Å²) in [5.74, 6) is -9.29. The van der Waals surface area contributed by atoms with E-state index in [0.717, 1.165) is 52.9 Å². The van der Waals surface area contributed by atoms with Crippen LogP contribution in [-0.2, 0) is 21.5 Å². The minimum Gasteiger partial charge on any atom is -0.332 e. The maximum Gasteiger partial charge on any atom is 0.435 e. The van der Waals surface area contributed by atoms with Gasteiger partial charge in [0.15, 0.2) is 14.5 Å². The van der Waals surface area contributed by atoms with E-state index in [1.54, 1.807) is 0 Å². The lowest BCUT2D eigenvalue weighted by Crippen LogP contribution is -2.50. The van der Waals surface area contributed by atoms with E-state index in [0.29, 0.717) is 12.1 Å². The van der Waals surface area contributed by atoms with Crippen LogP contribution in [0.2, 0.25) is 0 Å². The molecular weight excluding hydrogens is 925 g/mol. The summed E-state index contributed by atoms with van der Waals surface area (Å²) in [6.45, 7) is 0. The van der Waals surface area contributed by atoms with Crippen LogP contribution in [0, 0.1) is 21.1 Å². The molecule has 0 heterocycles. The lowest BCUT2D eigenvalue weighted by molar-refractivity contribution is -0.348. The monoisotopic (exact) mass is 934 g/mol. The lowest BCUT2D eigenvalue weighted by atomic mass is 9.92. The number of amides is 2. The fourth-order valence-electron chi connectivity index (χ4n) is 4.37. The summed E-state index contributed by atoms with van der Waals surface area (Å²) in [5.41, 5.74) is -15.6. The molecule has 51 heavy (non-hydrogen) atoms. The highest BCUT2D eigenvalue weighted by Crippen LogP contribution is 2.69. The molecule has 0 spiro atoms. The molecule has 0 radical (unpaired) electrons. The number of nitrogens with one attached hydrogen (secondary N) is 1. The maximum atomic E-state index is 16.0. The Morgan fingerprint density at radius 2 is 1.33 bits per heavy atom. The van der Waals surface area contributed by atoms with Gasteiger partial charge >= 0.3 is 30.2 Å². The van der Waals surface area contributed by atoms with Crippen molar-refractivity contribution in [1.82, 2.24) is 0 Å². The smallest absolute Gasteiger partial charge is 0.332 e. The number of carbonyl (C=O) groups excluding carboxylic acids is 3. The average molecular weight is 936 g/mol. The summed E-state index contributed by atoms with van der Waals surface area (Å²) in [6, 6.07) is 4.23. The molecule has 2 amide bonds. The van der Waals surface area contributed by atoms with Gasteiger partial charge in [0.1, 0.15) is 17.4 Å². The van der Waals surface area contributed by atoms with E-state index in [1.165, 1.54) is 5.32 Å². The Kier molecular flexibility index (Phi) is 10.8. The summed E-state index contributed by atoms with van der Waals surface area (Å²) >= 11 is 24.2. The lowest BCUT2D eigenvalue weighted by Gasteiger charge is -2.31. The number of carbonyl (C=O) groups is 3. The number of benzene rings is 3. The minimum absolute atomic E-state index is 0.0947. The van der Waals surface area contributed by atoms with Gasteiger partial charge in [0.25, 0.3) is 11.8 Å². The van der Waals surface area contributed by atoms with Gasteiger partial charge in [-0.05, 0) is 71.1 Å². The molecule has 1 saturated carbocycles. The first-order valence-electron chi connectivity index (χ1n) is 13.0. The molecule has 0 aromatic heterocycles. The number of hydrogen-bond donors (Lipinski definition) is 1. The van der Waals surface area contributed by atoms with E-state index in [-0.39, 0.29) is 11.1 Å². The molecule has 6 nitrogen and oxygen atoms in total.